The van der Waals surface area contributed by atoms with Crippen LogP contribution in [-0.2, 0) is 4.79 Å². The molecular weight excluding hydrogens is 509 g/mol. The van der Waals surface area contributed by atoms with Crippen LogP contribution < -0.4 is 10.2 Å². The highest BCUT2D eigenvalue weighted by molar-refractivity contribution is 7.99. The third-order valence-corrected chi connectivity index (χ3v) is 8.93. The second-order valence-electron chi connectivity index (χ2n) is 8.78. The second-order valence-corrected chi connectivity index (χ2v) is 11.1. The van der Waals surface area contributed by atoms with E-state index in [0.29, 0.717) is 41.5 Å². The smallest absolute Gasteiger partial charge is 0.249 e. The van der Waals surface area contributed by atoms with Crippen molar-refractivity contribution in [1.82, 2.24) is 15.4 Å². The van der Waals surface area contributed by atoms with Crippen LogP contribution in [0.1, 0.15) is 37.4 Å². The number of hydroxylamine groups is 1. The summed E-state index contributed by atoms with van der Waals surface area (Å²) in [5, 5.41) is 14.5. The maximum Gasteiger partial charge on any atom is 0.249 e. The number of amides is 1. The molecule has 0 bridgehead atoms. The summed E-state index contributed by atoms with van der Waals surface area (Å²) in [5.74, 6) is 1.12. The third-order valence-electron chi connectivity index (χ3n) is 6.83. The molecule has 0 spiro atoms. The van der Waals surface area contributed by atoms with Crippen LogP contribution in [0.2, 0.25) is 5.02 Å². The van der Waals surface area contributed by atoms with Gasteiger partial charge in [0, 0.05) is 39.7 Å². The molecule has 1 amide bonds. The highest BCUT2D eigenvalue weighted by atomic mass is 35.5. The van der Waals surface area contributed by atoms with Gasteiger partial charge in [-0.1, -0.05) is 11.6 Å². The lowest BCUT2D eigenvalue weighted by Gasteiger charge is -2.40. The van der Waals surface area contributed by atoms with Gasteiger partial charge in [-0.2, -0.15) is 11.3 Å². The van der Waals surface area contributed by atoms with Gasteiger partial charge in [-0.15, -0.1) is 11.8 Å². The molecule has 2 aromatic heterocycles. The zero-order chi connectivity index (χ0) is 24.8. The minimum atomic E-state index is -1.39. The summed E-state index contributed by atoms with van der Waals surface area (Å²) in [6, 6.07) is 7.39. The Hall–Kier alpha value is -1.91. The number of ether oxygens (including phenoxy) is 1. The number of hydrogen-bond acceptors (Lipinski definition) is 7. The molecule has 3 heterocycles. The van der Waals surface area contributed by atoms with E-state index in [9.17, 15) is 10.0 Å². The minimum Gasteiger partial charge on any atom is -0.497 e. The van der Waals surface area contributed by atoms with Crippen molar-refractivity contribution in [2.24, 2.45) is 5.41 Å². The number of thioether (sulfide) groups is 1. The van der Waals surface area contributed by atoms with Gasteiger partial charge in [0.2, 0.25) is 5.91 Å². The van der Waals surface area contributed by atoms with E-state index in [1.807, 2.05) is 17.2 Å². The van der Waals surface area contributed by atoms with Crippen LogP contribution in [0.3, 0.4) is 0 Å². The van der Waals surface area contributed by atoms with Crippen LogP contribution in [0.5, 0.6) is 5.75 Å². The molecule has 188 valence electrons. The zero-order valence-electron chi connectivity index (χ0n) is 19.5. The first-order valence-corrected chi connectivity index (χ1v) is 13.8. The lowest BCUT2D eigenvalue weighted by atomic mass is 9.73. The topological polar surface area (TPSA) is 74.7 Å². The van der Waals surface area contributed by atoms with Gasteiger partial charge in [0.05, 0.1) is 23.1 Å². The number of pyridine rings is 1. The number of carbonyl (C=O) groups is 1. The normalized spacial score (nSPS) is 16.8. The van der Waals surface area contributed by atoms with Crippen LogP contribution in [0.15, 0.2) is 46.1 Å². The highest BCUT2D eigenvalue weighted by Gasteiger charge is 2.41. The molecule has 1 fully saturated rings. The second kappa shape index (κ2) is 11.9. The van der Waals surface area contributed by atoms with Crippen LogP contribution in [0.4, 0.5) is 4.39 Å². The van der Waals surface area contributed by atoms with Crippen LogP contribution in [0.25, 0.3) is 10.9 Å². The van der Waals surface area contributed by atoms with Crippen LogP contribution in [-0.4, -0.2) is 53.5 Å². The first-order valence-electron chi connectivity index (χ1n) is 11.5. The molecule has 2 N–H and O–H groups in total. The average molecular weight is 538 g/mol. The lowest BCUT2D eigenvalue weighted by molar-refractivity contribution is -0.143. The van der Waals surface area contributed by atoms with Gasteiger partial charge < -0.3 is 9.64 Å². The van der Waals surface area contributed by atoms with Gasteiger partial charge in [0.15, 0.2) is 0 Å². The third kappa shape index (κ3) is 6.09. The fraction of sp³-hybridized carbons (Fsp3) is 0.440. The molecule has 1 saturated heterocycles. The zero-order valence-corrected chi connectivity index (χ0v) is 21.9. The Labute approximate surface area is 217 Å². The number of fused-ring (bicyclic) bond motifs is 1. The predicted molar refractivity (Wildman–Crippen MR) is 139 cm³/mol. The largest absolute Gasteiger partial charge is 0.497 e. The van der Waals surface area contributed by atoms with E-state index >= 15 is 4.39 Å². The summed E-state index contributed by atoms with van der Waals surface area (Å²) in [6.07, 6.45) is 1.62. The fourth-order valence-corrected chi connectivity index (χ4v) is 6.76. The number of halogens is 2. The molecule has 6 nitrogen and oxygen atoms in total. The molecule has 3 aromatic rings. The molecule has 1 aromatic carbocycles. The number of rotatable bonds is 10. The number of nitrogens with zero attached hydrogens (tertiary/aromatic N) is 2. The summed E-state index contributed by atoms with van der Waals surface area (Å²) in [4.78, 5) is 20.6. The highest BCUT2D eigenvalue weighted by Crippen LogP contribution is 2.42. The van der Waals surface area contributed by atoms with E-state index in [0.717, 1.165) is 25.4 Å². The van der Waals surface area contributed by atoms with E-state index in [4.69, 9.17) is 16.3 Å². The number of methoxy groups -OCH3 is 1. The summed E-state index contributed by atoms with van der Waals surface area (Å²) in [5.41, 5.74) is 2.01. The van der Waals surface area contributed by atoms with Gasteiger partial charge in [-0.25, -0.2) is 9.87 Å². The van der Waals surface area contributed by atoms with Gasteiger partial charge in [-0.3, -0.25) is 15.0 Å². The molecule has 0 radical (unpaired) electrons. The van der Waals surface area contributed by atoms with E-state index in [2.05, 4.69) is 26.7 Å². The van der Waals surface area contributed by atoms with Gasteiger partial charge in [-0.05, 0) is 68.4 Å². The van der Waals surface area contributed by atoms with Gasteiger partial charge in [0.25, 0.3) is 0 Å². The quantitative estimate of drug-likeness (QED) is 0.184. The van der Waals surface area contributed by atoms with Crippen LogP contribution >= 0.6 is 34.7 Å². The lowest BCUT2D eigenvalue weighted by Crippen LogP contribution is -2.48. The maximum atomic E-state index is 15.7. The Morgan fingerprint density at radius 3 is 2.89 bits per heavy atom. The standard InChI is InChI=1S/C25H29ClFN3O3S2/c1-33-17-2-3-22-19(14-17)23(20(26)15-28-22)21(27)4-6-25(24(31)29-32)7-9-30(10-8-25)11-13-35-18-5-12-34-16-18/h2-3,5,12,14-16,21,32H,4,6-11,13H2,1H3,(H,29,31)/t21-/m1/s1. The first-order chi connectivity index (χ1) is 17.0. The van der Waals surface area contributed by atoms with Crippen LogP contribution in [0, 0.1) is 5.41 Å². The van der Waals surface area contributed by atoms with Crippen molar-refractivity contribution in [3.8, 4) is 5.75 Å². The van der Waals surface area contributed by atoms with E-state index < -0.39 is 17.5 Å². The number of thiophene rings is 1. The van der Waals surface area contributed by atoms with Crippen molar-refractivity contribution in [2.45, 2.75) is 36.8 Å². The molecule has 1 aliphatic rings. The number of aromatic nitrogens is 1. The maximum absolute atomic E-state index is 15.7. The van der Waals surface area contributed by atoms with E-state index in [1.54, 1.807) is 36.6 Å². The Bertz CT molecular complexity index is 1140. The Morgan fingerprint density at radius 2 is 2.20 bits per heavy atom. The van der Waals surface area contributed by atoms with Crippen molar-refractivity contribution < 1.29 is 19.1 Å². The fourth-order valence-electron chi connectivity index (χ4n) is 4.70. The number of alkyl halides is 1. The molecule has 35 heavy (non-hydrogen) atoms. The molecule has 1 atom stereocenters. The monoisotopic (exact) mass is 537 g/mol. The Kier molecular flexibility index (Phi) is 8.88. The molecule has 4 rings (SSSR count). The summed E-state index contributed by atoms with van der Waals surface area (Å²) in [7, 11) is 1.55. The molecular formula is C25H29ClFN3O3S2. The molecule has 0 aliphatic carbocycles. The summed E-state index contributed by atoms with van der Waals surface area (Å²) >= 11 is 9.88. The predicted octanol–water partition coefficient (Wildman–Crippen LogP) is 6.13. The van der Waals surface area contributed by atoms with E-state index in [-0.39, 0.29) is 11.4 Å². The number of benzene rings is 1. The van der Waals surface area contributed by atoms with Crippen molar-refractivity contribution in [3.63, 3.8) is 0 Å². The SMILES string of the molecule is COc1ccc2ncc(Cl)c([C@H](F)CCC3(C(=O)NO)CCN(CCSc4ccsc4)CC3)c2c1. The number of piperidine rings is 1. The Morgan fingerprint density at radius 1 is 1.40 bits per heavy atom. The first kappa shape index (κ1) is 26.2. The van der Waals surface area contributed by atoms with E-state index in [1.165, 1.54) is 11.1 Å². The average Bonchev–Trinajstić information content (AvgIpc) is 3.40. The van der Waals surface area contributed by atoms with Crippen molar-refractivity contribution >= 4 is 51.5 Å². The minimum absolute atomic E-state index is 0.109. The van der Waals surface area contributed by atoms with Crippen molar-refractivity contribution in [1.29, 1.82) is 0 Å². The van der Waals surface area contributed by atoms with Gasteiger partial charge >= 0.3 is 0 Å². The number of hydrogen-bond donors (Lipinski definition) is 2. The molecule has 1 aliphatic heterocycles. The number of carbonyl (C=O) groups excluding carboxylic acids is 1. The molecule has 10 heteroatoms. The summed E-state index contributed by atoms with van der Waals surface area (Å²) in [6.45, 7) is 2.37. The Balaban J connectivity index is 1.42. The van der Waals surface area contributed by atoms with Crippen molar-refractivity contribution in [2.75, 3.05) is 32.5 Å². The van der Waals surface area contributed by atoms with Gasteiger partial charge in [0.1, 0.15) is 11.9 Å². The number of likely N-dealkylation sites (tertiary alicyclic amines) is 1. The number of nitrogens with one attached hydrogen (secondary N) is 1. The molecule has 0 unspecified atom stereocenters. The molecule has 0 saturated carbocycles. The van der Waals surface area contributed by atoms with Crippen molar-refractivity contribution in [3.05, 3.63) is 51.8 Å². The summed E-state index contributed by atoms with van der Waals surface area (Å²) < 4.78 is 21.0.